The molecule has 0 bridgehead atoms. The molecule has 3 heterocycles. The lowest BCUT2D eigenvalue weighted by molar-refractivity contribution is 0.0973. The summed E-state index contributed by atoms with van der Waals surface area (Å²) >= 11 is 1.53. The summed E-state index contributed by atoms with van der Waals surface area (Å²) in [6, 6.07) is 13.4. The molecule has 5 nitrogen and oxygen atoms in total. The summed E-state index contributed by atoms with van der Waals surface area (Å²) in [5.74, 6) is 0.644. The topological polar surface area (TPSA) is 46.8 Å². The van der Waals surface area contributed by atoms with E-state index in [0.717, 1.165) is 22.1 Å². The Labute approximate surface area is 137 Å². The Hall–Kier alpha value is -2.47. The first-order valence-electron chi connectivity index (χ1n) is 7.34. The third-order valence-corrected chi connectivity index (χ3v) is 4.53. The molecule has 1 aromatic carbocycles. The van der Waals surface area contributed by atoms with E-state index in [9.17, 15) is 4.79 Å². The molecule has 0 spiro atoms. The second kappa shape index (κ2) is 5.62. The van der Waals surface area contributed by atoms with Crippen LogP contribution in [0.25, 0.3) is 5.52 Å². The number of fused-ring (bicyclic) bond motifs is 2. The van der Waals surface area contributed by atoms with Crippen molar-refractivity contribution in [2.45, 2.75) is 5.16 Å². The summed E-state index contributed by atoms with van der Waals surface area (Å²) in [7, 11) is 0. The molecule has 1 amide bonds. The van der Waals surface area contributed by atoms with Gasteiger partial charge in [-0.25, -0.2) is 4.98 Å². The van der Waals surface area contributed by atoms with Crippen molar-refractivity contribution < 1.29 is 9.53 Å². The van der Waals surface area contributed by atoms with E-state index in [-0.39, 0.29) is 5.91 Å². The molecule has 6 heteroatoms. The molecule has 0 atom stereocenters. The minimum atomic E-state index is -0.0928. The number of para-hydroxylation sites is 2. The van der Waals surface area contributed by atoms with Gasteiger partial charge >= 0.3 is 0 Å². The number of carbonyl (C=O) groups is 1. The molecule has 23 heavy (non-hydrogen) atoms. The van der Waals surface area contributed by atoms with Crippen LogP contribution in [-0.4, -0.2) is 34.7 Å². The van der Waals surface area contributed by atoms with Gasteiger partial charge in [0, 0.05) is 6.20 Å². The number of rotatable bonds is 2. The van der Waals surface area contributed by atoms with Crippen LogP contribution in [0.3, 0.4) is 0 Å². The molecular formula is C17H15N3O2S. The monoisotopic (exact) mass is 325 g/mol. The van der Waals surface area contributed by atoms with Crippen molar-refractivity contribution in [3.8, 4) is 5.75 Å². The number of pyridine rings is 1. The smallest absolute Gasteiger partial charge is 0.279 e. The van der Waals surface area contributed by atoms with Gasteiger partial charge < -0.3 is 9.64 Å². The molecule has 0 saturated carbocycles. The number of hydrogen-bond donors (Lipinski definition) is 0. The Morgan fingerprint density at radius 1 is 1.22 bits per heavy atom. The van der Waals surface area contributed by atoms with Gasteiger partial charge in [-0.3, -0.25) is 9.20 Å². The van der Waals surface area contributed by atoms with Gasteiger partial charge in [-0.15, -0.1) is 0 Å². The van der Waals surface area contributed by atoms with Gasteiger partial charge in [-0.1, -0.05) is 30.0 Å². The number of hydrogen-bond acceptors (Lipinski definition) is 4. The summed E-state index contributed by atoms with van der Waals surface area (Å²) in [5.41, 5.74) is 2.10. The number of thioether (sulfide) groups is 1. The predicted octanol–water partition coefficient (Wildman–Crippen LogP) is 3.10. The molecule has 0 radical (unpaired) electrons. The maximum Gasteiger partial charge on any atom is 0.279 e. The Morgan fingerprint density at radius 3 is 2.91 bits per heavy atom. The van der Waals surface area contributed by atoms with Gasteiger partial charge in [0.25, 0.3) is 5.91 Å². The molecule has 0 saturated heterocycles. The molecule has 2 aromatic heterocycles. The number of nitrogens with zero attached hydrogens (tertiary/aromatic N) is 3. The number of amides is 1. The van der Waals surface area contributed by atoms with Crippen molar-refractivity contribution in [2.75, 3.05) is 24.3 Å². The van der Waals surface area contributed by atoms with E-state index < -0.39 is 0 Å². The fourth-order valence-corrected chi connectivity index (χ4v) is 3.36. The fourth-order valence-electron chi connectivity index (χ4n) is 2.82. The lowest BCUT2D eigenvalue weighted by atomic mass is 10.2. The normalized spacial score (nSPS) is 13.7. The molecule has 4 rings (SSSR count). The zero-order chi connectivity index (χ0) is 15.8. The molecule has 3 aromatic rings. The lowest BCUT2D eigenvalue weighted by Gasteiger charge is -2.28. The SMILES string of the molecule is CSc1nc(C(=O)N2CCOc3ccccc32)c2ccccn12. The molecule has 1 aliphatic heterocycles. The summed E-state index contributed by atoms with van der Waals surface area (Å²) in [6.45, 7) is 1.01. The van der Waals surface area contributed by atoms with Crippen LogP contribution in [0.4, 0.5) is 5.69 Å². The minimum absolute atomic E-state index is 0.0928. The van der Waals surface area contributed by atoms with Crippen molar-refractivity contribution in [1.29, 1.82) is 0 Å². The van der Waals surface area contributed by atoms with Crippen molar-refractivity contribution in [3.63, 3.8) is 0 Å². The average molecular weight is 325 g/mol. The van der Waals surface area contributed by atoms with Gasteiger partial charge in [0.15, 0.2) is 10.9 Å². The third-order valence-electron chi connectivity index (χ3n) is 3.87. The predicted molar refractivity (Wildman–Crippen MR) is 90.6 cm³/mol. The highest BCUT2D eigenvalue weighted by Crippen LogP contribution is 2.32. The number of aromatic nitrogens is 2. The zero-order valence-electron chi connectivity index (χ0n) is 12.6. The van der Waals surface area contributed by atoms with Crippen LogP contribution in [0.5, 0.6) is 5.75 Å². The summed E-state index contributed by atoms with van der Waals surface area (Å²) < 4.78 is 7.58. The van der Waals surface area contributed by atoms with E-state index in [1.807, 2.05) is 59.3 Å². The zero-order valence-corrected chi connectivity index (χ0v) is 13.4. The summed E-state index contributed by atoms with van der Waals surface area (Å²) in [4.78, 5) is 19.4. The van der Waals surface area contributed by atoms with Gasteiger partial charge in [-0.2, -0.15) is 0 Å². The summed E-state index contributed by atoms with van der Waals surface area (Å²) in [6.07, 6.45) is 3.89. The van der Waals surface area contributed by atoms with Gasteiger partial charge in [0.2, 0.25) is 0 Å². The first-order valence-corrected chi connectivity index (χ1v) is 8.57. The maximum atomic E-state index is 13.1. The van der Waals surface area contributed by atoms with E-state index in [1.54, 1.807) is 4.90 Å². The van der Waals surface area contributed by atoms with Crippen molar-refractivity contribution in [1.82, 2.24) is 9.38 Å². The number of ether oxygens (including phenoxy) is 1. The largest absolute Gasteiger partial charge is 0.490 e. The quantitative estimate of drug-likeness (QED) is 0.679. The van der Waals surface area contributed by atoms with E-state index >= 15 is 0 Å². The number of anilines is 1. The van der Waals surface area contributed by atoms with Crippen molar-refractivity contribution in [3.05, 3.63) is 54.4 Å². The highest BCUT2D eigenvalue weighted by molar-refractivity contribution is 7.98. The van der Waals surface area contributed by atoms with Crippen LogP contribution >= 0.6 is 11.8 Å². The average Bonchev–Trinajstić information content (AvgIpc) is 2.99. The van der Waals surface area contributed by atoms with E-state index in [1.165, 1.54) is 11.8 Å². The number of benzene rings is 1. The maximum absolute atomic E-state index is 13.1. The van der Waals surface area contributed by atoms with Crippen molar-refractivity contribution >= 4 is 28.9 Å². The van der Waals surface area contributed by atoms with Crippen LogP contribution in [0.15, 0.2) is 53.8 Å². The first-order chi connectivity index (χ1) is 11.3. The Bertz CT molecular complexity index is 890. The number of imidazole rings is 1. The second-order valence-electron chi connectivity index (χ2n) is 5.18. The molecule has 0 fully saturated rings. The molecule has 0 N–H and O–H groups in total. The minimum Gasteiger partial charge on any atom is -0.490 e. The van der Waals surface area contributed by atoms with Gasteiger partial charge in [-0.05, 0) is 30.5 Å². The van der Waals surface area contributed by atoms with Crippen LogP contribution in [0, 0.1) is 0 Å². The third kappa shape index (κ3) is 2.26. The molecule has 0 unspecified atom stereocenters. The summed E-state index contributed by atoms with van der Waals surface area (Å²) in [5, 5.41) is 0.811. The van der Waals surface area contributed by atoms with E-state index in [4.69, 9.17) is 4.74 Å². The Kier molecular flexibility index (Phi) is 3.46. The standard InChI is InChI=1S/C17H15N3O2S/c1-23-17-18-15(13-7-4-5-9-20(13)17)16(21)19-10-11-22-14-8-3-2-6-12(14)19/h2-9H,10-11H2,1H3. The van der Waals surface area contributed by atoms with Crippen LogP contribution in [0.1, 0.15) is 10.5 Å². The van der Waals surface area contributed by atoms with Gasteiger partial charge in [0.05, 0.1) is 17.7 Å². The molecule has 1 aliphatic rings. The highest BCUT2D eigenvalue weighted by atomic mass is 32.2. The molecule has 0 aliphatic carbocycles. The van der Waals surface area contributed by atoms with E-state index in [0.29, 0.717) is 18.8 Å². The van der Waals surface area contributed by atoms with Crippen LogP contribution in [0.2, 0.25) is 0 Å². The second-order valence-corrected chi connectivity index (χ2v) is 5.95. The fraction of sp³-hybridized carbons (Fsp3) is 0.176. The van der Waals surface area contributed by atoms with Gasteiger partial charge in [0.1, 0.15) is 12.4 Å². The lowest BCUT2D eigenvalue weighted by Crippen LogP contribution is -2.38. The highest BCUT2D eigenvalue weighted by Gasteiger charge is 2.28. The van der Waals surface area contributed by atoms with E-state index in [2.05, 4.69) is 4.98 Å². The molecular weight excluding hydrogens is 310 g/mol. The van der Waals surface area contributed by atoms with Crippen LogP contribution in [-0.2, 0) is 0 Å². The van der Waals surface area contributed by atoms with Crippen LogP contribution < -0.4 is 9.64 Å². The van der Waals surface area contributed by atoms with Crippen molar-refractivity contribution in [2.24, 2.45) is 0 Å². The Morgan fingerprint density at radius 2 is 2.04 bits per heavy atom. The Balaban J connectivity index is 1.82. The number of carbonyl (C=O) groups excluding carboxylic acids is 1. The molecule has 116 valence electrons. The first kappa shape index (κ1) is 14.1.